The minimum atomic E-state index is -0.0126. The Morgan fingerprint density at radius 1 is 1.15 bits per heavy atom. The lowest BCUT2D eigenvalue weighted by atomic mass is 9.91. The minimum absolute atomic E-state index is 0.0126. The Hall–Kier alpha value is -1.89. The van der Waals surface area contributed by atoms with Crippen molar-refractivity contribution in [3.63, 3.8) is 0 Å². The lowest BCUT2D eigenvalue weighted by molar-refractivity contribution is 0.341. The van der Waals surface area contributed by atoms with Gasteiger partial charge in [-0.1, -0.05) is 19.9 Å². The van der Waals surface area contributed by atoms with Crippen LogP contribution in [0.25, 0.3) is 0 Å². The fraction of sp³-hybridized carbons (Fsp3) is 0.462. The van der Waals surface area contributed by atoms with E-state index < -0.39 is 0 Å². The first kappa shape index (κ1) is 14.5. The first-order valence-electron chi connectivity index (χ1n) is 6.17. The monoisotopic (exact) mass is 294 g/mol. The van der Waals surface area contributed by atoms with Crippen molar-refractivity contribution in [3.8, 4) is 12.0 Å². The van der Waals surface area contributed by atoms with Crippen LogP contribution in [0.15, 0.2) is 17.5 Å². The van der Waals surface area contributed by atoms with Gasteiger partial charge in [0.25, 0.3) is 0 Å². The molecule has 0 aliphatic rings. The molecule has 2 heterocycles. The molecule has 1 N–H and O–H groups in total. The predicted octanol–water partition coefficient (Wildman–Crippen LogP) is 2.34. The first-order valence-corrected chi connectivity index (χ1v) is 7.05. The number of aromatic nitrogens is 3. The Labute approximate surface area is 122 Å². The molecule has 0 unspecified atom stereocenters. The summed E-state index contributed by atoms with van der Waals surface area (Å²) in [5.74, 6) is 0.443. The number of rotatable bonds is 6. The average molecular weight is 294 g/mol. The molecule has 0 aromatic carbocycles. The summed E-state index contributed by atoms with van der Waals surface area (Å²) in [5, 5.41) is 5.28. The molecule has 6 nitrogen and oxygen atoms in total. The molecule has 0 atom stereocenters. The van der Waals surface area contributed by atoms with Gasteiger partial charge in [0.05, 0.1) is 14.2 Å². The van der Waals surface area contributed by atoms with Crippen LogP contribution in [0.2, 0.25) is 0 Å². The molecule has 20 heavy (non-hydrogen) atoms. The molecule has 2 rings (SSSR count). The molecule has 108 valence electrons. The highest BCUT2D eigenvalue weighted by molar-refractivity contribution is 7.10. The van der Waals surface area contributed by atoms with E-state index in [1.165, 1.54) is 19.1 Å². The summed E-state index contributed by atoms with van der Waals surface area (Å²) in [4.78, 5) is 13.6. The summed E-state index contributed by atoms with van der Waals surface area (Å²) in [6.45, 7) is 5.03. The van der Waals surface area contributed by atoms with Crippen LogP contribution in [-0.2, 0) is 5.41 Å². The lowest BCUT2D eigenvalue weighted by Crippen LogP contribution is -2.27. The van der Waals surface area contributed by atoms with Crippen LogP contribution in [0.3, 0.4) is 0 Å². The third kappa shape index (κ3) is 3.36. The minimum Gasteiger partial charge on any atom is -0.467 e. The van der Waals surface area contributed by atoms with Gasteiger partial charge in [0.2, 0.25) is 5.95 Å². The van der Waals surface area contributed by atoms with Crippen molar-refractivity contribution in [1.82, 2.24) is 15.0 Å². The molecule has 2 aromatic rings. The van der Waals surface area contributed by atoms with Crippen LogP contribution in [0.1, 0.15) is 18.7 Å². The van der Waals surface area contributed by atoms with Gasteiger partial charge in [0.15, 0.2) is 0 Å². The van der Waals surface area contributed by atoms with E-state index >= 15 is 0 Å². The zero-order valence-corrected chi connectivity index (χ0v) is 12.8. The van der Waals surface area contributed by atoms with Crippen molar-refractivity contribution >= 4 is 17.3 Å². The molecular formula is C13H18N4O2S. The summed E-state index contributed by atoms with van der Waals surface area (Å²) in [6.07, 6.45) is 0. The number of nitrogens with one attached hydrogen (secondary N) is 1. The SMILES string of the molecule is COc1nc(NCC(C)(C)c2cccs2)nc(OC)n1. The largest absolute Gasteiger partial charge is 0.467 e. The Morgan fingerprint density at radius 2 is 1.80 bits per heavy atom. The zero-order chi connectivity index (χ0) is 14.6. The highest BCUT2D eigenvalue weighted by Crippen LogP contribution is 2.27. The summed E-state index contributed by atoms with van der Waals surface area (Å²) in [7, 11) is 3.02. The molecule has 0 saturated heterocycles. The lowest BCUT2D eigenvalue weighted by Gasteiger charge is -2.23. The van der Waals surface area contributed by atoms with Gasteiger partial charge in [-0.25, -0.2) is 0 Å². The van der Waals surface area contributed by atoms with Crippen molar-refractivity contribution in [1.29, 1.82) is 0 Å². The summed E-state index contributed by atoms with van der Waals surface area (Å²) in [6, 6.07) is 4.64. The van der Waals surface area contributed by atoms with Gasteiger partial charge >= 0.3 is 12.0 Å². The maximum absolute atomic E-state index is 5.02. The van der Waals surface area contributed by atoms with Gasteiger partial charge in [-0.2, -0.15) is 9.97 Å². The topological polar surface area (TPSA) is 69.2 Å². The third-order valence-electron chi connectivity index (χ3n) is 2.84. The Bertz CT molecular complexity index is 535. The Kier molecular flexibility index (Phi) is 4.39. The molecule has 0 aliphatic heterocycles. The summed E-state index contributed by atoms with van der Waals surface area (Å²) >= 11 is 1.74. The van der Waals surface area contributed by atoms with Crippen LogP contribution in [0, 0.1) is 0 Å². The number of ether oxygens (including phenoxy) is 2. The van der Waals surface area contributed by atoms with E-state index in [4.69, 9.17) is 9.47 Å². The third-order valence-corrected chi connectivity index (χ3v) is 4.07. The highest BCUT2D eigenvalue weighted by atomic mass is 32.1. The molecule has 0 bridgehead atoms. The second-order valence-corrected chi connectivity index (χ2v) is 5.79. The molecule has 0 aliphatic carbocycles. The van der Waals surface area contributed by atoms with Crippen molar-refractivity contribution in [2.24, 2.45) is 0 Å². The number of anilines is 1. The van der Waals surface area contributed by atoms with Gasteiger partial charge in [-0.05, 0) is 11.4 Å². The summed E-state index contributed by atoms with van der Waals surface area (Å²) in [5.41, 5.74) is -0.0126. The van der Waals surface area contributed by atoms with E-state index in [0.717, 1.165) is 0 Å². The smallest absolute Gasteiger partial charge is 0.324 e. The van der Waals surface area contributed by atoms with Gasteiger partial charge in [0.1, 0.15) is 0 Å². The average Bonchev–Trinajstić information content (AvgIpc) is 3.00. The fourth-order valence-corrected chi connectivity index (χ4v) is 2.50. The van der Waals surface area contributed by atoms with Crippen molar-refractivity contribution in [2.75, 3.05) is 26.1 Å². The van der Waals surface area contributed by atoms with Crippen LogP contribution >= 0.6 is 11.3 Å². The van der Waals surface area contributed by atoms with E-state index in [1.807, 2.05) is 0 Å². The molecule has 0 spiro atoms. The molecule has 0 radical (unpaired) electrons. The number of hydrogen-bond acceptors (Lipinski definition) is 7. The van der Waals surface area contributed by atoms with Gasteiger partial charge in [-0.3, -0.25) is 0 Å². The molecular weight excluding hydrogens is 276 g/mol. The van der Waals surface area contributed by atoms with E-state index in [0.29, 0.717) is 12.5 Å². The molecule has 2 aromatic heterocycles. The molecule has 0 amide bonds. The van der Waals surface area contributed by atoms with Crippen LogP contribution in [-0.4, -0.2) is 35.7 Å². The van der Waals surface area contributed by atoms with Gasteiger partial charge in [-0.15, -0.1) is 16.3 Å². The second kappa shape index (κ2) is 6.04. The van der Waals surface area contributed by atoms with Crippen LogP contribution in [0.5, 0.6) is 12.0 Å². The molecule has 7 heteroatoms. The van der Waals surface area contributed by atoms with Gasteiger partial charge in [0, 0.05) is 16.8 Å². The van der Waals surface area contributed by atoms with E-state index in [9.17, 15) is 0 Å². The quantitative estimate of drug-likeness (QED) is 0.882. The highest BCUT2D eigenvalue weighted by Gasteiger charge is 2.22. The zero-order valence-electron chi connectivity index (χ0n) is 12.0. The first-order chi connectivity index (χ1) is 9.55. The predicted molar refractivity (Wildman–Crippen MR) is 78.8 cm³/mol. The van der Waals surface area contributed by atoms with Crippen molar-refractivity contribution < 1.29 is 9.47 Å². The van der Waals surface area contributed by atoms with E-state index in [2.05, 4.69) is 51.6 Å². The Morgan fingerprint density at radius 3 is 2.30 bits per heavy atom. The summed E-state index contributed by atoms with van der Waals surface area (Å²) < 4.78 is 10.0. The van der Waals surface area contributed by atoms with E-state index in [1.54, 1.807) is 11.3 Å². The van der Waals surface area contributed by atoms with Crippen LogP contribution in [0.4, 0.5) is 5.95 Å². The normalized spacial score (nSPS) is 11.2. The van der Waals surface area contributed by atoms with E-state index in [-0.39, 0.29) is 17.4 Å². The van der Waals surface area contributed by atoms with Crippen LogP contribution < -0.4 is 14.8 Å². The Balaban J connectivity index is 2.10. The number of thiophene rings is 1. The van der Waals surface area contributed by atoms with Crippen molar-refractivity contribution in [3.05, 3.63) is 22.4 Å². The fourth-order valence-electron chi connectivity index (χ4n) is 1.65. The van der Waals surface area contributed by atoms with Gasteiger partial charge < -0.3 is 14.8 Å². The molecule has 0 fully saturated rings. The van der Waals surface area contributed by atoms with Crippen molar-refractivity contribution in [2.45, 2.75) is 19.3 Å². The standard InChI is InChI=1S/C13H18N4O2S/c1-13(2,9-6-5-7-20-9)8-14-10-15-11(18-3)17-12(16-10)19-4/h5-7H,8H2,1-4H3,(H,14,15,16,17). The second-order valence-electron chi connectivity index (χ2n) is 4.85. The molecule has 0 saturated carbocycles. The maximum Gasteiger partial charge on any atom is 0.324 e. The number of hydrogen-bond donors (Lipinski definition) is 1. The number of nitrogens with zero attached hydrogens (tertiary/aromatic N) is 3. The maximum atomic E-state index is 5.02. The number of methoxy groups -OCH3 is 2.